The standard InChI is InChI=1S/C17H23NO2S/c1-12(2)13-8-6-10-15-14(13)9-7-11-16(15)21(19,20)18-17(3,4)5/h6-12,18H,1-5H3. The lowest BCUT2D eigenvalue weighted by molar-refractivity contribution is 0.492. The molecule has 3 nitrogen and oxygen atoms in total. The van der Waals surface area contributed by atoms with Gasteiger partial charge in [-0.15, -0.1) is 0 Å². The van der Waals surface area contributed by atoms with Crippen LogP contribution in [-0.2, 0) is 10.0 Å². The molecule has 0 aliphatic carbocycles. The molecule has 0 saturated carbocycles. The van der Waals surface area contributed by atoms with E-state index in [-0.39, 0.29) is 0 Å². The van der Waals surface area contributed by atoms with Crippen LogP contribution in [0.5, 0.6) is 0 Å². The van der Waals surface area contributed by atoms with Crippen LogP contribution in [-0.4, -0.2) is 14.0 Å². The lowest BCUT2D eigenvalue weighted by atomic mass is 9.96. The monoisotopic (exact) mass is 305 g/mol. The third-order valence-electron chi connectivity index (χ3n) is 3.27. The number of benzene rings is 2. The molecule has 0 aliphatic heterocycles. The van der Waals surface area contributed by atoms with Crippen molar-refractivity contribution in [3.63, 3.8) is 0 Å². The number of hydrogen-bond acceptors (Lipinski definition) is 2. The van der Waals surface area contributed by atoms with Crippen LogP contribution in [0.2, 0.25) is 0 Å². The number of rotatable bonds is 3. The lowest BCUT2D eigenvalue weighted by Gasteiger charge is -2.21. The molecule has 4 heteroatoms. The van der Waals surface area contributed by atoms with E-state index in [0.29, 0.717) is 10.8 Å². The summed E-state index contributed by atoms with van der Waals surface area (Å²) in [6.45, 7) is 9.76. The Labute approximate surface area is 127 Å². The molecule has 0 fully saturated rings. The first-order chi connectivity index (χ1) is 9.62. The highest BCUT2D eigenvalue weighted by molar-refractivity contribution is 7.89. The van der Waals surface area contributed by atoms with E-state index >= 15 is 0 Å². The maximum atomic E-state index is 12.6. The van der Waals surface area contributed by atoms with Crippen molar-refractivity contribution in [3.05, 3.63) is 42.0 Å². The average Bonchev–Trinajstić information content (AvgIpc) is 2.34. The van der Waals surface area contributed by atoms with E-state index in [1.807, 2.05) is 45.0 Å². The lowest BCUT2D eigenvalue weighted by Crippen LogP contribution is -2.40. The second-order valence-corrected chi connectivity index (χ2v) is 8.36. The smallest absolute Gasteiger partial charge is 0.207 e. The molecule has 0 radical (unpaired) electrons. The minimum absolute atomic E-state index is 0.345. The highest BCUT2D eigenvalue weighted by atomic mass is 32.2. The summed E-state index contributed by atoms with van der Waals surface area (Å²) in [5.41, 5.74) is 0.664. The van der Waals surface area contributed by atoms with Crippen molar-refractivity contribution in [2.75, 3.05) is 0 Å². The van der Waals surface area contributed by atoms with Crippen LogP contribution in [0.25, 0.3) is 10.8 Å². The third kappa shape index (κ3) is 3.44. The van der Waals surface area contributed by atoms with E-state index < -0.39 is 15.6 Å². The summed E-state index contributed by atoms with van der Waals surface area (Å²) in [4.78, 5) is 0.345. The fourth-order valence-electron chi connectivity index (χ4n) is 2.50. The summed E-state index contributed by atoms with van der Waals surface area (Å²) in [6.07, 6.45) is 0. The minimum atomic E-state index is -3.54. The molecule has 0 heterocycles. The van der Waals surface area contributed by atoms with Crippen molar-refractivity contribution < 1.29 is 8.42 Å². The summed E-state index contributed by atoms with van der Waals surface area (Å²) >= 11 is 0. The predicted molar refractivity (Wildman–Crippen MR) is 88.1 cm³/mol. The molecule has 114 valence electrons. The van der Waals surface area contributed by atoms with Crippen LogP contribution in [0.4, 0.5) is 0 Å². The first kappa shape index (κ1) is 16.0. The van der Waals surface area contributed by atoms with Gasteiger partial charge in [-0.1, -0.05) is 44.2 Å². The van der Waals surface area contributed by atoms with Gasteiger partial charge in [0.25, 0.3) is 0 Å². The molecule has 0 spiro atoms. The molecular weight excluding hydrogens is 282 g/mol. The van der Waals surface area contributed by atoms with Gasteiger partial charge in [-0.2, -0.15) is 0 Å². The van der Waals surface area contributed by atoms with Crippen molar-refractivity contribution in [3.8, 4) is 0 Å². The molecule has 0 aromatic heterocycles. The van der Waals surface area contributed by atoms with Gasteiger partial charge in [0.1, 0.15) is 0 Å². The van der Waals surface area contributed by atoms with Gasteiger partial charge >= 0.3 is 0 Å². The molecule has 0 atom stereocenters. The van der Waals surface area contributed by atoms with Crippen LogP contribution in [0.1, 0.15) is 46.1 Å². The Balaban J connectivity index is 2.69. The Bertz CT molecular complexity index is 756. The molecule has 0 bridgehead atoms. The largest absolute Gasteiger partial charge is 0.241 e. The quantitative estimate of drug-likeness (QED) is 0.930. The summed E-state index contributed by atoms with van der Waals surface area (Å²) in [6, 6.07) is 11.3. The zero-order valence-corrected chi connectivity index (χ0v) is 14.1. The Morgan fingerprint density at radius 2 is 1.52 bits per heavy atom. The number of fused-ring (bicyclic) bond motifs is 1. The molecule has 0 aliphatic rings. The van der Waals surface area contributed by atoms with E-state index in [9.17, 15) is 8.42 Å². The minimum Gasteiger partial charge on any atom is -0.207 e. The predicted octanol–water partition coefficient (Wildman–Crippen LogP) is 4.04. The van der Waals surface area contributed by atoms with Crippen LogP contribution >= 0.6 is 0 Å². The second kappa shape index (κ2) is 5.43. The Hall–Kier alpha value is -1.39. The highest BCUT2D eigenvalue weighted by Gasteiger charge is 2.24. The van der Waals surface area contributed by atoms with Gasteiger partial charge in [0, 0.05) is 10.9 Å². The van der Waals surface area contributed by atoms with Crippen molar-refractivity contribution in [1.82, 2.24) is 4.72 Å². The average molecular weight is 305 g/mol. The second-order valence-electron chi connectivity index (χ2n) is 6.71. The van der Waals surface area contributed by atoms with Crippen molar-refractivity contribution in [1.29, 1.82) is 0 Å². The van der Waals surface area contributed by atoms with Crippen molar-refractivity contribution in [2.24, 2.45) is 0 Å². The summed E-state index contributed by atoms with van der Waals surface area (Å²) in [5, 5.41) is 1.78. The van der Waals surface area contributed by atoms with E-state index in [4.69, 9.17) is 0 Å². The Morgan fingerprint density at radius 1 is 0.952 bits per heavy atom. The molecular formula is C17H23NO2S. The Morgan fingerprint density at radius 3 is 2.10 bits per heavy atom. The molecule has 0 saturated heterocycles. The first-order valence-electron chi connectivity index (χ1n) is 7.17. The van der Waals surface area contributed by atoms with Crippen LogP contribution < -0.4 is 4.72 Å². The molecule has 1 N–H and O–H groups in total. The van der Waals surface area contributed by atoms with Crippen LogP contribution in [0.3, 0.4) is 0 Å². The summed E-state index contributed by atoms with van der Waals surface area (Å²) in [5.74, 6) is 0.349. The maximum Gasteiger partial charge on any atom is 0.241 e. The zero-order chi connectivity index (χ0) is 15.8. The normalized spacial score (nSPS) is 13.0. The van der Waals surface area contributed by atoms with E-state index in [1.54, 1.807) is 6.07 Å². The molecule has 2 aromatic carbocycles. The summed E-state index contributed by atoms with van der Waals surface area (Å²) < 4.78 is 28.0. The zero-order valence-electron chi connectivity index (χ0n) is 13.3. The molecule has 2 aromatic rings. The molecule has 2 rings (SSSR count). The van der Waals surface area contributed by atoms with Gasteiger partial charge in [0.2, 0.25) is 10.0 Å². The number of nitrogens with one attached hydrogen (secondary N) is 1. The van der Waals surface area contributed by atoms with Crippen molar-refractivity contribution >= 4 is 20.8 Å². The SMILES string of the molecule is CC(C)c1cccc2c(S(=O)(=O)NC(C)(C)C)cccc12. The van der Waals surface area contributed by atoms with Gasteiger partial charge in [0.15, 0.2) is 0 Å². The van der Waals surface area contributed by atoms with Gasteiger partial charge in [-0.05, 0) is 43.7 Å². The van der Waals surface area contributed by atoms with Gasteiger partial charge < -0.3 is 0 Å². The Kier molecular flexibility index (Phi) is 4.13. The first-order valence-corrected chi connectivity index (χ1v) is 8.66. The topological polar surface area (TPSA) is 46.2 Å². The van der Waals surface area contributed by atoms with E-state index in [0.717, 1.165) is 10.8 Å². The fourth-order valence-corrected chi connectivity index (χ4v) is 4.14. The van der Waals surface area contributed by atoms with E-state index in [2.05, 4.69) is 24.6 Å². The highest BCUT2D eigenvalue weighted by Crippen LogP contribution is 2.30. The van der Waals surface area contributed by atoms with Gasteiger partial charge in [-0.25, -0.2) is 13.1 Å². The third-order valence-corrected chi connectivity index (χ3v) is 5.08. The summed E-state index contributed by atoms with van der Waals surface area (Å²) in [7, 11) is -3.54. The van der Waals surface area contributed by atoms with Crippen molar-refractivity contribution in [2.45, 2.75) is 51.0 Å². The van der Waals surface area contributed by atoms with Crippen LogP contribution in [0.15, 0.2) is 41.3 Å². The number of sulfonamides is 1. The number of hydrogen-bond donors (Lipinski definition) is 1. The van der Waals surface area contributed by atoms with Crippen LogP contribution in [0, 0.1) is 0 Å². The fraction of sp³-hybridized carbons (Fsp3) is 0.412. The maximum absolute atomic E-state index is 12.6. The molecule has 0 amide bonds. The van der Waals surface area contributed by atoms with Gasteiger partial charge in [-0.3, -0.25) is 0 Å². The van der Waals surface area contributed by atoms with Gasteiger partial charge in [0.05, 0.1) is 4.90 Å². The molecule has 21 heavy (non-hydrogen) atoms. The molecule has 0 unspecified atom stereocenters. The van der Waals surface area contributed by atoms with E-state index in [1.165, 1.54) is 5.56 Å².